The first-order valence-corrected chi connectivity index (χ1v) is 20.7. The average molecular weight is 709 g/mol. The Balaban J connectivity index is 0.00000103. The van der Waals surface area contributed by atoms with Crippen molar-refractivity contribution in [2.75, 3.05) is 50.1 Å². The Labute approximate surface area is 307 Å². The maximum atomic E-state index is 9.94. The number of nitrogens with two attached hydrogens (primary N) is 1. The number of nitrogen functional groups attached to an aromatic ring is 1. The number of fused-ring (bicyclic) bond motifs is 1. The van der Waals surface area contributed by atoms with Crippen molar-refractivity contribution in [2.24, 2.45) is 0 Å². The maximum Gasteiger partial charge on any atom is 0.157 e. The van der Waals surface area contributed by atoms with Crippen molar-refractivity contribution in [1.29, 1.82) is 10.7 Å². The minimum Gasteiger partial charge on any atom is -0.389 e. The topological polar surface area (TPSA) is 118 Å². The lowest BCUT2D eigenvalue weighted by atomic mass is 9.75. The third-order valence-electron chi connectivity index (χ3n) is 10.5. The molecule has 4 N–H and O–H groups in total. The molecule has 8 nitrogen and oxygen atoms in total. The number of allylic oxidation sites excluding steroid dienone is 2. The summed E-state index contributed by atoms with van der Waals surface area (Å²) in [6.45, 7) is 16.4. The van der Waals surface area contributed by atoms with Crippen LogP contribution in [0.4, 0.5) is 10.8 Å². The molecule has 2 aliphatic heterocycles. The highest BCUT2D eigenvalue weighted by Crippen LogP contribution is 2.44. The molecule has 0 amide bonds. The molecule has 4 heterocycles. The first-order chi connectivity index (χ1) is 23.8. The Morgan fingerprint density at radius 1 is 1.14 bits per heavy atom. The zero-order chi connectivity index (χ0) is 36.1. The first-order valence-electron chi connectivity index (χ1n) is 19.0. The Kier molecular flexibility index (Phi) is 16.6. The summed E-state index contributed by atoms with van der Waals surface area (Å²) in [5, 5.41) is 23.9. The number of hydrogen-bond donors (Lipinski definition) is 4. The smallest absolute Gasteiger partial charge is 0.157 e. The predicted molar refractivity (Wildman–Crippen MR) is 215 cm³/mol. The van der Waals surface area contributed by atoms with Gasteiger partial charge in [-0.3, -0.25) is 0 Å². The quantitative estimate of drug-likeness (QED) is 0.152. The fourth-order valence-electron chi connectivity index (χ4n) is 7.89. The highest BCUT2D eigenvalue weighted by Gasteiger charge is 2.41. The van der Waals surface area contributed by atoms with Crippen molar-refractivity contribution in [3.8, 4) is 6.07 Å². The van der Waals surface area contributed by atoms with E-state index in [0.29, 0.717) is 22.3 Å². The molecule has 6 rings (SSSR count). The Hall–Kier alpha value is -2.45. The largest absolute Gasteiger partial charge is 0.389 e. The van der Waals surface area contributed by atoms with Gasteiger partial charge in [0.15, 0.2) is 5.82 Å². The van der Waals surface area contributed by atoms with E-state index in [1.165, 1.54) is 54.9 Å². The maximum absolute atomic E-state index is 9.94. The van der Waals surface area contributed by atoms with Crippen LogP contribution in [0.3, 0.4) is 0 Å². The average Bonchev–Trinajstić information content (AvgIpc) is 3.71. The predicted octanol–water partition coefficient (Wildman–Crippen LogP) is 8.66. The molecule has 1 saturated carbocycles. The molecule has 0 bridgehead atoms. The van der Waals surface area contributed by atoms with E-state index in [2.05, 4.69) is 60.8 Å². The minimum absolute atomic E-state index is 0.101. The molecule has 2 aliphatic carbocycles. The molecular formula is C39H64N8S2. The van der Waals surface area contributed by atoms with E-state index in [1.807, 2.05) is 27.7 Å². The van der Waals surface area contributed by atoms with E-state index in [-0.39, 0.29) is 11.5 Å². The van der Waals surface area contributed by atoms with Crippen LogP contribution in [-0.2, 0) is 12.8 Å². The van der Waals surface area contributed by atoms with Crippen LogP contribution >= 0.6 is 24.0 Å². The van der Waals surface area contributed by atoms with Crippen molar-refractivity contribution in [2.45, 2.75) is 136 Å². The number of nitrogens with zero attached hydrogens (tertiary/aromatic N) is 5. The number of likely N-dealkylation sites (tertiary alicyclic amines) is 1. The fraction of sp³-hybridized carbons (Fsp3) is 0.692. The van der Waals surface area contributed by atoms with Gasteiger partial charge in [-0.05, 0) is 114 Å². The van der Waals surface area contributed by atoms with Gasteiger partial charge in [-0.2, -0.15) is 17.9 Å². The normalized spacial score (nSPS) is 21.3. The minimum atomic E-state index is -0.101. The van der Waals surface area contributed by atoms with E-state index in [4.69, 9.17) is 15.7 Å². The lowest BCUT2D eigenvalue weighted by Gasteiger charge is -2.50. The van der Waals surface area contributed by atoms with Crippen LogP contribution in [0.15, 0.2) is 11.6 Å². The van der Waals surface area contributed by atoms with Crippen LogP contribution in [0.25, 0.3) is 5.57 Å². The van der Waals surface area contributed by atoms with Crippen LogP contribution in [0.5, 0.6) is 0 Å². The van der Waals surface area contributed by atoms with Gasteiger partial charge in [0, 0.05) is 59.5 Å². The molecule has 49 heavy (non-hydrogen) atoms. The van der Waals surface area contributed by atoms with Crippen molar-refractivity contribution in [3.63, 3.8) is 0 Å². The van der Waals surface area contributed by atoms with Crippen molar-refractivity contribution >= 4 is 46.1 Å². The number of thiophene rings is 1. The van der Waals surface area contributed by atoms with Crippen molar-refractivity contribution in [1.82, 2.24) is 20.2 Å². The molecule has 272 valence electrons. The summed E-state index contributed by atoms with van der Waals surface area (Å²) in [6, 6.07) is 5.22. The Morgan fingerprint density at radius 3 is 2.49 bits per heavy atom. The van der Waals surface area contributed by atoms with E-state index >= 15 is 0 Å². The van der Waals surface area contributed by atoms with Crippen LogP contribution in [0, 0.1) is 16.7 Å². The Bertz CT molecular complexity index is 1440. The number of piperazine rings is 1. The lowest BCUT2D eigenvalue weighted by Crippen LogP contribution is -2.64. The SMILES string of the molecule is CC.CC.CCC/C(C(=N)[C@H]1CCCc2sc(N)c(C#N)c21)=C(/C)c1nc(CC[C@@H]2CCCN2C)cc(N2CCNC3(CCC3)C2)n1.CS. The van der Waals surface area contributed by atoms with Gasteiger partial charge in [-0.15, -0.1) is 11.3 Å². The summed E-state index contributed by atoms with van der Waals surface area (Å²) in [4.78, 5) is 16.6. The number of hydrogen-bond acceptors (Lipinski definition) is 10. The molecule has 4 aliphatic rings. The molecule has 2 saturated heterocycles. The van der Waals surface area contributed by atoms with Gasteiger partial charge in [-0.1, -0.05) is 41.0 Å². The number of anilines is 2. The van der Waals surface area contributed by atoms with Gasteiger partial charge in [0.05, 0.1) is 5.56 Å². The Morgan fingerprint density at radius 2 is 1.88 bits per heavy atom. The monoisotopic (exact) mass is 708 g/mol. The number of nitrogens with one attached hydrogen (secondary N) is 2. The molecule has 0 radical (unpaired) electrons. The molecule has 10 heteroatoms. The van der Waals surface area contributed by atoms with Gasteiger partial charge in [-0.25, -0.2) is 9.97 Å². The second kappa shape index (κ2) is 19.8. The van der Waals surface area contributed by atoms with E-state index < -0.39 is 0 Å². The molecule has 0 unspecified atom stereocenters. The zero-order valence-corrected chi connectivity index (χ0v) is 33.4. The number of nitriles is 1. The number of rotatable bonds is 9. The standard InChI is InChI=1S/C34H48N8S.2C2H6.CH4S/c1-4-8-25(31(36)26-10-5-11-28-30(26)27(20-35)32(37)43-28)22(2)33-39-23(12-13-24-9-6-17-41(24)3)19-29(40-33)42-18-16-38-34(21-42)14-7-15-34;3*1-2/h19,24,26,36,38H,4-18,21,37H2,1-3H3;2*1-2H3;2H,1H3/b25-22+,36-31?;;;/t24-,26-;;;/m0.../s1. The van der Waals surface area contributed by atoms with Crippen LogP contribution in [0.2, 0.25) is 0 Å². The number of aromatic nitrogens is 2. The first kappa shape index (κ1) is 41.0. The zero-order valence-electron chi connectivity index (χ0n) is 31.7. The second-order valence-corrected chi connectivity index (χ2v) is 14.5. The molecule has 3 fully saturated rings. The molecule has 2 aromatic heterocycles. The number of thiol groups is 1. The fourth-order valence-corrected chi connectivity index (χ4v) is 9.01. The third-order valence-corrected chi connectivity index (χ3v) is 11.6. The molecule has 0 aromatic carbocycles. The van der Waals surface area contributed by atoms with Crippen LogP contribution < -0.4 is 16.0 Å². The second-order valence-electron chi connectivity index (χ2n) is 13.3. The summed E-state index contributed by atoms with van der Waals surface area (Å²) in [5.74, 6) is 1.70. The van der Waals surface area contributed by atoms with Gasteiger partial charge >= 0.3 is 0 Å². The molecule has 2 atom stereocenters. The van der Waals surface area contributed by atoms with E-state index in [1.54, 1.807) is 6.26 Å². The van der Waals surface area contributed by atoms with Gasteiger partial charge in [0.1, 0.15) is 16.9 Å². The molecular weight excluding hydrogens is 645 g/mol. The van der Waals surface area contributed by atoms with Crippen molar-refractivity contribution in [3.05, 3.63) is 39.2 Å². The summed E-state index contributed by atoms with van der Waals surface area (Å²) < 4.78 is 0. The summed E-state index contributed by atoms with van der Waals surface area (Å²) >= 11 is 5.07. The van der Waals surface area contributed by atoms with Crippen molar-refractivity contribution < 1.29 is 0 Å². The van der Waals surface area contributed by atoms with Crippen LogP contribution in [-0.4, -0.2) is 71.6 Å². The van der Waals surface area contributed by atoms with Crippen LogP contribution in [0.1, 0.15) is 139 Å². The summed E-state index contributed by atoms with van der Waals surface area (Å²) in [7, 11) is 2.25. The summed E-state index contributed by atoms with van der Waals surface area (Å²) in [6.07, 6.45) is 14.6. The van der Waals surface area contributed by atoms with Gasteiger partial charge < -0.3 is 26.3 Å². The number of aryl methyl sites for hydroxylation is 2. The highest BCUT2D eigenvalue weighted by atomic mass is 32.1. The highest BCUT2D eigenvalue weighted by molar-refractivity contribution is 7.79. The van der Waals surface area contributed by atoms with E-state index in [9.17, 15) is 10.7 Å². The third kappa shape index (κ3) is 9.46. The lowest BCUT2D eigenvalue weighted by molar-refractivity contribution is 0.172. The summed E-state index contributed by atoms with van der Waals surface area (Å²) in [5.41, 5.74) is 11.9. The molecule has 1 spiro atoms. The molecule has 2 aromatic rings. The van der Waals surface area contributed by atoms with Gasteiger partial charge in [0.25, 0.3) is 0 Å². The van der Waals surface area contributed by atoms with Gasteiger partial charge in [0.2, 0.25) is 0 Å². The van der Waals surface area contributed by atoms with E-state index in [0.717, 1.165) is 98.6 Å².